The van der Waals surface area contributed by atoms with Crippen LogP contribution in [0.2, 0.25) is 0 Å². The first kappa shape index (κ1) is 10.6. The maximum Gasteiger partial charge on any atom is 0.356 e. The Labute approximate surface area is 95.6 Å². The third kappa shape index (κ3) is 2.54. The number of hydrogen-bond donors (Lipinski definition) is 1. The molecule has 0 radical (unpaired) electrons. The van der Waals surface area contributed by atoms with Crippen molar-refractivity contribution < 1.29 is 9.90 Å². The van der Waals surface area contributed by atoms with Crippen LogP contribution >= 0.6 is 11.8 Å². The lowest BCUT2D eigenvalue weighted by Crippen LogP contribution is -2.01. The van der Waals surface area contributed by atoms with Gasteiger partial charge in [-0.2, -0.15) is 0 Å². The molecule has 0 saturated heterocycles. The van der Waals surface area contributed by atoms with Gasteiger partial charge in [0, 0.05) is 6.20 Å². The molecule has 2 heterocycles. The minimum atomic E-state index is -1.09. The lowest BCUT2D eigenvalue weighted by molar-refractivity contribution is 0.0689. The molecule has 16 heavy (non-hydrogen) atoms. The van der Waals surface area contributed by atoms with Gasteiger partial charge in [-0.1, -0.05) is 6.07 Å². The number of carbonyl (C=O) groups is 1. The lowest BCUT2D eigenvalue weighted by atomic mass is 10.5. The Morgan fingerprint density at radius 3 is 2.81 bits per heavy atom. The van der Waals surface area contributed by atoms with Crippen LogP contribution in [0.5, 0.6) is 0 Å². The van der Waals surface area contributed by atoms with Crippen LogP contribution in [0.4, 0.5) is 0 Å². The Balaban J connectivity index is 2.22. The zero-order valence-corrected chi connectivity index (χ0v) is 8.89. The summed E-state index contributed by atoms with van der Waals surface area (Å²) in [6, 6.07) is 5.48. The van der Waals surface area contributed by atoms with Crippen molar-refractivity contribution in [3.63, 3.8) is 0 Å². The van der Waals surface area contributed by atoms with Crippen LogP contribution in [0, 0.1) is 0 Å². The molecule has 1 N–H and O–H groups in total. The quantitative estimate of drug-likeness (QED) is 0.869. The Bertz CT molecular complexity index is 504. The zero-order chi connectivity index (χ0) is 11.4. The van der Waals surface area contributed by atoms with E-state index >= 15 is 0 Å². The molecule has 80 valence electrons. The molecule has 2 aromatic rings. The predicted octanol–water partition coefficient (Wildman–Crippen LogP) is 1.72. The minimum Gasteiger partial charge on any atom is -0.476 e. The van der Waals surface area contributed by atoms with Gasteiger partial charge >= 0.3 is 5.97 Å². The van der Waals surface area contributed by atoms with E-state index < -0.39 is 5.97 Å². The number of aromatic nitrogens is 3. The first-order valence-electron chi connectivity index (χ1n) is 4.40. The van der Waals surface area contributed by atoms with E-state index in [0.717, 1.165) is 5.03 Å². The topological polar surface area (TPSA) is 76.0 Å². The van der Waals surface area contributed by atoms with Crippen LogP contribution < -0.4 is 0 Å². The van der Waals surface area contributed by atoms with Crippen molar-refractivity contribution in [2.75, 3.05) is 0 Å². The van der Waals surface area contributed by atoms with Gasteiger partial charge in [0.25, 0.3) is 0 Å². The number of rotatable bonds is 3. The molecule has 0 unspecified atom stereocenters. The molecular weight excluding hydrogens is 226 g/mol. The van der Waals surface area contributed by atoms with Gasteiger partial charge in [0.2, 0.25) is 0 Å². The Kier molecular flexibility index (Phi) is 3.11. The number of pyridine rings is 1. The molecule has 2 rings (SSSR count). The fraction of sp³-hybridized carbons (Fsp3) is 0. The highest BCUT2D eigenvalue weighted by atomic mass is 32.2. The Morgan fingerprint density at radius 1 is 1.25 bits per heavy atom. The van der Waals surface area contributed by atoms with Gasteiger partial charge in [0.15, 0.2) is 5.69 Å². The molecular formula is C10H7N3O2S. The molecule has 2 aromatic heterocycles. The summed E-state index contributed by atoms with van der Waals surface area (Å²) in [6.07, 6.45) is 4.38. The van der Waals surface area contributed by atoms with Crippen LogP contribution in [-0.2, 0) is 0 Å². The van der Waals surface area contributed by atoms with E-state index in [9.17, 15) is 4.79 Å². The maximum atomic E-state index is 10.7. The number of hydrogen-bond acceptors (Lipinski definition) is 5. The molecule has 0 amide bonds. The summed E-state index contributed by atoms with van der Waals surface area (Å²) in [5, 5.41) is 10.0. The van der Waals surface area contributed by atoms with Crippen LogP contribution in [0.1, 0.15) is 10.5 Å². The summed E-state index contributed by atoms with van der Waals surface area (Å²) in [6.45, 7) is 0. The van der Waals surface area contributed by atoms with Crippen molar-refractivity contribution in [3.8, 4) is 0 Å². The molecule has 0 aliphatic heterocycles. The van der Waals surface area contributed by atoms with Crippen LogP contribution in [0.3, 0.4) is 0 Å². The molecule has 0 aliphatic carbocycles. The largest absolute Gasteiger partial charge is 0.476 e. The number of carboxylic acids is 1. The van der Waals surface area contributed by atoms with Crippen LogP contribution in [-0.4, -0.2) is 26.0 Å². The van der Waals surface area contributed by atoms with E-state index in [1.54, 1.807) is 6.20 Å². The Hall–Kier alpha value is -1.95. The predicted molar refractivity (Wildman–Crippen MR) is 57.4 cm³/mol. The summed E-state index contributed by atoms with van der Waals surface area (Å²) < 4.78 is 0. The molecule has 6 heteroatoms. The normalized spacial score (nSPS) is 10.0. The van der Waals surface area contributed by atoms with Crippen molar-refractivity contribution >= 4 is 17.7 Å². The Morgan fingerprint density at radius 2 is 2.12 bits per heavy atom. The maximum absolute atomic E-state index is 10.7. The standard InChI is InChI=1S/C10H7N3O2S/c14-10(15)7-5-11-6-9(13-7)16-8-3-1-2-4-12-8/h1-6H,(H,14,15). The van der Waals surface area contributed by atoms with E-state index in [1.807, 2.05) is 18.2 Å². The fourth-order valence-corrected chi connectivity index (χ4v) is 1.75. The summed E-state index contributed by atoms with van der Waals surface area (Å²) in [7, 11) is 0. The fourth-order valence-electron chi connectivity index (χ4n) is 1.01. The summed E-state index contributed by atoms with van der Waals surface area (Å²) in [4.78, 5) is 22.5. The average Bonchev–Trinajstić information content (AvgIpc) is 2.30. The highest BCUT2D eigenvalue weighted by Crippen LogP contribution is 2.22. The number of aromatic carboxylic acids is 1. The molecule has 0 saturated carbocycles. The summed E-state index contributed by atoms with van der Waals surface area (Å²) in [5.74, 6) is -1.09. The molecule has 0 bridgehead atoms. The van der Waals surface area contributed by atoms with E-state index in [-0.39, 0.29) is 5.69 Å². The highest BCUT2D eigenvalue weighted by molar-refractivity contribution is 7.99. The lowest BCUT2D eigenvalue weighted by Gasteiger charge is -1.99. The van der Waals surface area contributed by atoms with Gasteiger partial charge in [-0.3, -0.25) is 4.98 Å². The SMILES string of the molecule is O=C(O)c1cncc(Sc2ccccn2)n1. The van der Waals surface area contributed by atoms with Gasteiger partial charge in [-0.15, -0.1) is 0 Å². The number of nitrogens with zero attached hydrogens (tertiary/aromatic N) is 3. The van der Waals surface area contributed by atoms with Crippen molar-refractivity contribution in [2.24, 2.45) is 0 Å². The smallest absolute Gasteiger partial charge is 0.356 e. The second-order valence-corrected chi connectivity index (χ2v) is 3.86. The summed E-state index contributed by atoms with van der Waals surface area (Å²) >= 11 is 1.27. The van der Waals surface area contributed by atoms with Crippen molar-refractivity contribution in [2.45, 2.75) is 10.1 Å². The second kappa shape index (κ2) is 4.71. The number of carboxylic acid groups (broad SMARTS) is 1. The minimum absolute atomic E-state index is 0.0686. The monoisotopic (exact) mass is 233 g/mol. The van der Waals surface area contributed by atoms with E-state index in [1.165, 1.54) is 24.2 Å². The van der Waals surface area contributed by atoms with E-state index in [0.29, 0.717) is 5.03 Å². The highest BCUT2D eigenvalue weighted by Gasteiger charge is 2.07. The van der Waals surface area contributed by atoms with Gasteiger partial charge < -0.3 is 5.11 Å². The van der Waals surface area contributed by atoms with Crippen LogP contribution in [0.25, 0.3) is 0 Å². The van der Waals surface area contributed by atoms with E-state index in [4.69, 9.17) is 5.11 Å². The molecule has 0 spiro atoms. The van der Waals surface area contributed by atoms with Crippen molar-refractivity contribution in [1.29, 1.82) is 0 Å². The molecule has 0 atom stereocenters. The first-order chi connectivity index (χ1) is 7.75. The molecule has 0 aliphatic rings. The third-order valence-corrected chi connectivity index (χ3v) is 2.53. The van der Waals surface area contributed by atoms with Crippen molar-refractivity contribution in [3.05, 3.63) is 42.5 Å². The van der Waals surface area contributed by atoms with Crippen molar-refractivity contribution in [1.82, 2.24) is 15.0 Å². The molecule has 0 fully saturated rings. The first-order valence-corrected chi connectivity index (χ1v) is 5.21. The molecule has 0 aromatic carbocycles. The van der Waals surface area contributed by atoms with Crippen LogP contribution in [0.15, 0.2) is 46.8 Å². The average molecular weight is 233 g/mol. The van der Waals surface area contributed by atoms with Gasteiger partial charge in [-0.05, 0) is 23.9 Å². The summed E-state index contributed by atoms with van der Waals surface area (Å²) in [5.41, 5.74) is -0.0686. The zero-order valence-electron chi connectivity index (χ0n) is 8.07. The third-order valence-electron chi connectivity index (χ3n) is 1.68. The van der Waals surface area contributed by atoms with Gasteiger partial charge in [0.05, 0.1) is 12.4 Å². The van der Waals surface area contributed by atoms with Gasteiger partial charge in [-0.25, -0.2) is 14.8 Å². The van der Waals surface area contributed by atoms with Gasteiger partial charge in [0.1, 0.15) is 10.1 Å². The molecule has 5 nitrogen and oxygen atoms in total. The second-order valence-electron chi connectivity index (χ2n) is 2.82. The van der Waals surface area contributed by atoms with E-state index in [2.05, 4.69) is 15.0 Å².